The summed E-state index contributed by atoms with van der Waals surface area (Å²) in [7, 11) is 0. The van der Waals surface area contributed by atoms with Gasteiger partial charge >= 0.3 is 6.61 Å². The molecule has 3 nitrogen and oxygen atoms in total. The van der Waals surface area contributed by atoms with E-state index in [2.05, 4.69) is 14.7 Å². The fourth-order valence-corrected chi connectivity index (χ4v) is 0.825. The van der Waals surface area contributed by atoms with Crippen molar-refractivity contribution in [2.24, 2.45) is 0 Å². The van der Waals surface area contributed by atoms with Gasteiger partial charge in [0, 0.05) is 6.07 Å². The number of nitrogens with zero attached hydrogens (tertiary/aromatic N) is 2. The second kappa shape index (κ2) is 4.11. The molecule has 1 rings (SSSR count). The van der Waals surface area contributed by atoms with Gasteiger partial charge in [-0.1, -0.05) is 13.8 Å². The van der Waals surface area contributed by atoms with E-state index in [9.17, 15) is 8.78 Å². The first kappa shape index (κ1) is 9.83. The van der Waals surface area contributed by atoms with Crippen molar-refractivity contribution >= 4 is 0 Å². The van der Waals surface area contributed by atoms with E-state index in [0.29, 0.717) is 5.69 Å². The van der Waals surface area contributed by atoms with Crippen LogP contribution in [0.1, 0.15) is 25.5 Å². The van der Waals surface area contributed by atoms with Crippen molar-refractivity contribution in [3.63, 3.8) is 0 Å². The van der Waals surface area contributed by atoms with E-state index in [1.54, 1.807) is 0 Å². The van der Waals surface area contributed by atoms with Gasteiger partial charge in [0.05, 0.1) is 5.69 Å². The van der Waals surface area contributed by atoms with Gasteiger partial charge in [-0.2, -0.15) is 8.78 Å². The zero-order valence-corrected chi connectivity index (χ0v) is 7.37. The normalized spacial score (nSPS) is 10.9. The third kappa shape index (κ3) is 2.93. The maximum Gasteiger partial charge on any atom is 0.388 e. The first-order chi connectivity index (χ1) is 6.09. The third-order valence-electron chi connectivity index (χ3n) is 1.46. The quantitative estimate of drug-likeness (QED) is 0.729. The van der Waals surface area contributed by atoms with Crippen molar-refractivity contribution in [1.82, 2.24) is 9.97 Å². The Morgan fingerprint density at radius 2 is 2.00 bits per heavy atom. The maximum atomic E-state index is 11.8. The van der Waals surface area contributed by atoms with Crippen molar-refractivity contribution in [3.05, 3.63) is 18.1 Å². The maximum absolute atomic E-state index is 11.8. The summed E-state index contributed by atoms with van der Waals surface area (Å²) in [5.41, 5.74) is 0.686. The van der Waals surface area contributed by atoms with Crippen molar-refractivity contribution in [2.45, 2.75) is 26.4 Å². The Labute approximate surface area is 74.8 Å². The van der Waals surface area contributed by atoms with E-state index in [1.165, 1.54) is 12.4 Å². The van der Waals surface area contributed by atoms with Gasteiger partial charge < -0.3 is 4.74 Å². The van der Waals surface area contributed by atoms with E-state index >= 15 is 0 Å². The molecule has 0 spiro atoms. The molecule has 0 N–H and O–H groups in total. The molecule has 0 aromatic carbocycles. The Morgan fingerprint density at radius 3 is 2.54 bits per heavy atom. The third-order valence-corrected chi connectivity index (χ3v) is 1.46. The van der Waals surface area contributed by atoms with Crippen LogP contribution in [0, 0.1) is 0 Å². The first-order valence-electron chi connectivity index (χ1n) is 3.86. The van der Waals surface area contributed by atoms with Crippen LogP contribution in [0.2, 0.25) is 0 Å². The van der Waals surface area contributed by atoms with Crippen LogP contribution in [-0.2, 0) is 0 Å². The molecule has 13 heavy (non-hydrogen) atoms. The Hall–Kier alpha value is -1.26. The minimum Gasteiger partial charge on any atom is -0.417 e. The monoisotopic (exact) mass is 188 g/mol. The summed E-state index contributed by atoms with van der Waals surface area (Å²) in [5, 5.41) is 0. The van der Waals surface area contributed by atoms with E-state index in [1.807, 2.05) is 13.8 Å². The summed E-state index contributed by atoms with van der Waals surface area (Å²) in [4.78, 5) is 7.46. The number of hydrogen-bond acceptors (Lipinski definition) is 3. The first-order valence-corrected chi connectivity index (χ1v) is 3.86. The molecule has 1 heterocycles. The van der Waals surface area contributed by atoms with Crippen LogP contribution in [0.5, 0.6) is 5.88 Å². The summed E-state index contributed by atoms with van der Waals surface area (Å²) in [6, 6.07) is 1.41. The average Bonchev–Trinajstić information content (AvgIpc) is 2.03. The van der Waals surface area contributed by atoms with E-state index in [-0.39, 0.29) is 11.8 Å². The highest BCUT2D eigenvalue weighted by Crippen LogP contribution is 2.16. The minimum absolute atomic E-state index is 0.0892. The van der Waals surface area contributed by atoms with Crippen LogP contribution in [0.15, 0.2) is 12.4 Å². The molecule has 0 saturated carbocycles. The van der Waals surface area contributed by atoms with Gasteiger partial charge in [0.15, 0.2) is 0 Å². The van der Waals surface area contributed by atoms with E-state index in [4.69, 9.17) is 0 Å². The molecule has 1 aromatic heterocycles. The number of halogens is 2. The fourth-order valence-electron chi connectivity index (χ4n) is 0.825. The molecular weight excluding hydrogens is 178 g/mol. The SMILES string of the molecule is CC(C)c1cc(OC(F)F)ncn1. The summed E-state index contributed by atoms with van der Waals surface area (Å²) < 4.78 is 27.7. The van der Waals surface area contributed by atoms with E-state index < -0.39 is 6.61 Å². The van der Waals surface area contributed by atoms with Crippen molar-refractivity contribution < 1.29 is 13.5 Å². The average molecular weight is 188 g/mol. The van der Waals surface area contributed by atoms with Gasteiger partial charge in [-0.3, -0.25) is 0 Å². The molecule has 0 fully saturated rings. The summed E-state index contributed by atoms with van der Waals surface area (Å²) in [5.74, 6) is 0.0803. The number of alkyl halides is 2. The van der Waals surface area contributed by atoms with Crippen molar-refractivity contribution in [2.75, 3.05) is 0 Å². The largest absolute Gasteiger partial charge is 0.417 e. The highest BCUT2D eigenvalue weighted by Gasteiger charge is 2.07. The number of aromatic nitrogens is 2. The molecule has 1 aromatic rings. The van der Waals surface area contributed by atoms with Crippen LogP contribution >= 0.6 is 0 Å². The Bertz CT molecular complexity index is 279. The second-order valence-electron chi connectivity index (χ2n) is 2.81. The minimum atomic E-state index is -2.84. The van der Waals surface area contributed by atoms with Crippen molar-refractivity contribution in [3.8, 4) is 5.88 Å². The molecule has 0 aliphatic carbocycles. The number of rotatable bonds is 3. The van der Waals surface area contributed by atoms with Crippen LogP contribution in [0.4, 0.5) is 8.78 Å². The molecule has 0 amide bonds. The molecule has 72 valence electrons. The molecular formula is C8H10F2N2O. The molecule has 0 atom stereocenters. The zero-order valence-electron chi connectivity index (χ0n) is 7.37. The van der Waals surface area contributed by atoms with Gasteiger partial charge in [-0.05, 0) is 5.92 Å². The van der Waals surface area contributed by atoms with Crippen LogP contribution in [-0.4, -0.2) is 16.6 Å². The second-order valence-corrected chi connectivity index (χ2v) is 2.81. The van der Waals surface area contributed by atoms with Gasteiger partial charge in [-0.25, -0.2) is 9.97 Å². The highest BCUT2D eigenvalue weighted by molar-refractivity contribution is 5.15. The highest BCUT2D eigenvalue weighted by atomic mass is 19.3. The van der Waals surface area contributed by atoms with Crippen LogP contribution in [0.3, 0.4) is 0 Å². The van der Waals surface area contributed by atoms with Gasteiger partial charge in [-0.15, -0.1) is 0 Å². The lowest BCUT2D eigenvalue weighted by Crippen LogP contribution is -2.05. The lowest BCUT2D eigenvalue weighted by Gasteiger charge is -2.06. The molecule has 0 bridgehead atoms. The Balaban J connectivity index is 2.79. The number of hydrogen-bond donors (Lipinski definition) is 0. The smallest absolute Gasteiger partial charge is 0.388 e. The molecule has 5 heteroatoms. The van der Waals surface area contributed by atoms with Crippen LogP contribution in [0.25, 0.3) is 0 Å². The van der Waals surface area contributed by atoms with E-state index in [0.717, 1.165) is 0 Å². The molecule has 0 aliphatic rings. The molecule has 0 radical (unpaired) electrons. The molecule has 0 aliphatic heterocycles. The van der Waals surface area contributed by atoms with Crippen LogP contribution < -0.4 is 4.74 Å². The fraction of sp³-hybridized carbons (Fsp3) is 0.500. The lowest BCUT2D eigenvalue weighted by molar-refractivity contribution is -0.0530. The lowest BCUT2D eigenvalue weighted by atomic mass is 10.1. The Morgan fingerprint density at radius 1 is 1.31 bits per heavy atom. The van der Waals surface area contributed by atoms with Gasteiger partial charge in [0.1, 0.15) is 6.33 Å². The Kier molecular flexibility index (Phi) is 3.11. The predicted molar refractivity (Wildman–Crippen MR) is 42.8 cm³/mol. The zero-order chi connectivity index (χ0) is 9.84. The standard InChI is InChI=1S/C8H10F2N2O/c1-5(2)6-3-7(12-4-11-6)13-8(9)10/h3-5,8H,1-2H3. The van der Waals surface area contributed by atoms with Gasteiger partial charge in [0.25, 0.3) is 0 Å². The summed E-state index contributed by atoms with van der Waals surface area (Å²) >= 11 is 0. The summed E-state index contributed by atoms with van der Waals surface area (Å²) in [6.45, 7) is 0.984. The molecule has 0 unspecified atom stereocenters. The van der Waals surface area contributed by atoms with Crippen molar-refractivity contribution in [1.29, 1.82) is 0 Å². The van der Waals surface area contributed by atoms with Gasteiger partial charge in [0.2, 0.25) is 5.88 Å². The topological polar surface area (TPSA) is 35.0 Å². The summed E-state index contributed by atoms with van der Waals surface area (Å²) in [6.07, 6.45) is 1.22. The number of ether oxygens (including phenoxy) is 1. The molecule has 0 saturated heterocycles. The predicted octanol–water partition coefficient (Wildman–Crippen LogP) is 2.20.